The number of halogens is 4. The number of methoxy groups -OCH3 is 1. The lowest BCUT2D eigenvalue weighted by atomic mass is 9.80. The zero-order valence-corrected chi connectivity index (χ0v) is 20.7. The van der Waals surface area contributed by atoms with Crippen molar-refractivity contribution in [3.05, 3.63) is 81.5 Å². The number of aromatic nitrogens is 2. The average molecular weight is 548 g/mol. The number of ether oxygens (including phenoxy) is 2. The first-order chi connectivity index (χ1) is 18.5. The second-order valence-corrected chi connectivity index (χ2v) is 9.04. The van der Waals surface area contributed by atoms with Gasteiger partial charge in [0, 0.05) is 42.5 Å². The lowest BCUT2D eigenvalue weighted by molar-refractivity contribution is -0.137. The highest BCUT2D eigenvalue weighted by Crippen LogP contribution is 2.38. The number of carbonyl (C=O) groups is 2. The number of hydrogen-bond acceptors (Lipinski definition) is 7. The summed E-state index contributed by atoms with van der Waals surface area (Å²) in [6, 6.07) is 8.18. The fourth-order valence-electron chi connectivity index (χ4n) is 4.22. The number of amides is 1. The van der Waals surface area contributed by atoms with Gasteiger partial charge in [0.05, 0.1) is 36.6 Å². The largest absolute Gasteiger partial charge is 0.497 e. The van der Waals surface area contributed by atoms with Crippen LogP contribution in [-0.2, 0) is 22.3 Å². The van der Waals surface area contributed by atoms with E-state index in [2.05, 4.69) is 20.8 Å². The fourth-order valence-corrected chi connectivity index (χ4v) is 4.22. The first kappa shape index (κ1) is 27.8. The molecule has 206 valence electrons. The highest BCUT2D eigenvalue weighted by Gasteiger charge is 2.44. The normalized spacial score (nSPS) is 17.1. The Kier molecular flexibility index (Phi) is 8.00. The van der Waals surface area contributed by atoms with E-state index in [1.807, 2.05) is 0 Å². The summed E-state index contributed by atoms with van der Waals surface area (Å²) in [5, 5.41) is 11.0. The third-order valence-electron chi connectivity index (χ3n) is 6.37. The predicted octanol–water partition coefficient (Wildman–Crippen LogP) is 3.98. The standard InChI is InChI=1S/C26H24F4N4O5/c1-38-18-4-5-21(19(10-18)26(28,29)30)33-17-3-2-15(20(27)9-17)12-31-24(37)25(6-7-39-14-25)11-22(35)16-8-23(36)34-32-13-16/h2-5,8-10,13,33H,6-7,11-12,14H2,1H3,(H,31,37)(H,34,36)/t25-/m0/s1. The number of carbonyl (C=O) groups excluding carboxylic acids is 2. The number of Topliss-reactive ketones (excluding diaryl/α,β-unsaturated/α-hetero) is 1. The molecule has 4 rings (SSSR count). The SMILES string of the molecule is COc1ccc(Nc2ccc(CNC(=O)[C@]3(CC(=O)c4cn[nH]c(=O)c4)CCOC3)c(F)c2)c(C(F)(F)F)c1. The van der Waals surface area contributed by atoms with E-state index in [1.54, 1.807) is 0 Å². The van der Waals surface area contributed by atoms with E-state index in [-0.39, 0.29) is 60.9 Å². The molecule has 0 saturated carbocycles. The molecule has 1 saturated heterocycles. The van der Waals surface area contributed by atoms with Crippen molar-refractivity contribution < 1.29 is 36.6 Å². The lowest BCUT2D eigenvalue weighted by Gasteiger charge is -2.25. The van der Waals surface area contributed by atoms with Gasteiger partial charge >= 0.3 is 6.18 Å². The summed E-state index contributed by atoms with van der Waals surface area (Å²) in [6.07, 6.45) is -3.47. The van der Waals surface area contributed by atoms with Crippen LogP contribution in [0.3, 0.4) is 0 Å². The van der Waals surface area contributed by atoms with E-state index in [4.69, 9.17) is 9.47 Å². The molecule has 2 aromatic carbocycles. The Hall–Kier alpha value is -4.26. The molecule has 1 atom stereocenters. The van der Waals surface area contributed by atoms with E-state index < -0.39 is 40.2 Å². The van der Waals surface area contributed by atoms with Gasteiger partial charge < -0.3 is 20.1 Å². The van der Waals surface area contributed by atoms with Gasteiger partial charge in [0.15, 0.2) is 5.78 Å². The Labute approximate surface area is 219 Å². The number of rotatable bonds is 9. The molecule has 0 bridgehead atoms. The van der Waals surface area contributed by atoms with Crippen molar-refractivity contribution in [1.82, 2.24) is 15.5 Å². The Morgan fingerprint density at radius 3 is 2.62 bits per heavy atom. The smallest absolute Gasteiger partial charge is 0.418 e. The fraction of sp³-hybridized carbons (Fsp3) is 0.308. The molecule has 0 radical (unpaired) electrons. The van der Waals surface area contributed by atoms with Gasteiger partial charge in [0.2, 0.25) is 5.91 Å². The van der Waals surface area contributed by atoms with E-state index in [1.165, 1.54) is 37.6 Å². The zero-order chi connectivity index (χ0) is 28.2. The van der Waals surface area contributed by atoms with E-state index in [0.717, 1.165) is 18.2 Å². The van der Waals surface area contributed by atoms with Crippen LogP contribution in [0.5, 0.6) is 5.75 Å². The van der Waals surface area contributed by atoms with Crippen molar-refractivity contribution in [2.45, 2.75) is 25.6 Å². The first-order valence-corrected chi connectivity index (χ1v) is 11.8. The Balaban J connectivity index is 1.45. The summed E-state index contributed by atoms with van der Waals surface area (Å²) in [4.78, 5) is 37.3. The maximum atomic E-state index is 14.8. The van der Waals surface area contributed by atoms with Crippen molar-refractivity contribution in [2.24, 2.45) is 5.41 Å². The van der Waals surface area contributed by atoms with Crippen molar-refractivity contribution in [3.8, 4) is 5.75 Å². The first-order valence-electron chi connectivity index (χ1n) is 11.8. The van der Waals surface area contributed by atoms with E-state index in [0.29, 0.717) is 0 Å². The van der Waals surface area contributed by atoms with E-state index >= 15 is 0 Å². The van der Waals surface area contributed by atoms with Gasteiger partial charge in [-0.25, -0.2) is 9.49 Å². The molecule has 39 heavy (non-hydrogen) atoms. The van der Waals surface area contributed by atoms with Crippen LogP contribution in [0.2, 0.25) is 0 Å². The van der Waals surface area contributed by atoms with Gasteiger partial charge in [-0.05, 0) is 36.8 Å². The molecule has 3 aromatic rings. The molecule has 0 unspecified atom stereocenters. The molecule has 2 heterocycles. The molecule has 3 N–H and O–H groups in total. The number of H-pyrrole nitrogens is 1. The summed E-state index contributed by atoms with van der Waals surface area (Å²) in [6.45, 7) is -0.0198. The quantitative estimate of drug-likeness (QED) is 0.273. The molecule has 0 spiro atoms. The monoisotopic (exact) mass is 548 g/mol. The van der Waals surface area contributed by atoms with Gasteiger partial charge in [0.25, 0.3) is 5.56 Å². The molecular weight excluding hydrogens is 524 g/mol. The average Bonchev–Trinajstić information content (AvgIpc) is 3.37. The molecule has 0 aliphatic carbocycles. The van der Waals surface area contributed by atoms with Crippen LogP contribution in [0.1, 0.15) is 34.3 Å². The summed E-state index contributed by atoms with van der Waals surface area (Å²) in [5.74, 6) is -1.73. The molecular formula is C26H24F4N4O5. The van der Waals surface area contributed by atoms with Gasteiger partial charge in [-0.15, -0.1) is 0 Å². The number of hydrogen-bond donors (Lipinski definition) is 3. The molecule has 1 aliphatic heterocycles. The van der Waals surface area contributed by atoms with Crippen molar-refractivity contribution >= 4 is 23.1 Å². The Bertz CT molecular complexity index is 1430. The minimum absolute atomic E-state index is 0.0198. The molecule has 9 nitrogen and oxygen atoms in total. The van der Waals surface area contributed by atoms with Crippen LogP contribution in [0.15, 0.2) is 53.5 Å². The van der Waals surface area contributed by atoms with Crippen molar-refractivity contribution in [3.63, 3.8) is 0 Å². The zero-order valence-electron chi connectivity index (χ0n) is 20.7. The third-order valence-corrected chi connectivity index (χ3v) is 6.37. The van der Waals surface area contributed by atoms with Gasteiger partial charge in [-0.3, -0.25) is 14.4 Å². The van der Waals surface area contributed by atoms with E-state index in [9.17, 15) is 31.9 Å². The van der Waals surface area contributed by atoms with Crippen molar-refractivity contribution in [2.75, 3.05) is 25.6 Å². The number of alkyl halides is 3. The van der Waals surface area contributed by atoms with Crippen LogP contribution in [-0.4, -0.2) is 42.2 Å². The molecule has 1 amide bonds. The van der Waals surface area contributed by atoms with Crippen LogP contribution in [0.4, 0.5) is 28.9 Å². The highest BCUT2D eigenvalue weighted by atomic mass is 19.4. The van der Waals surface area contributed by atoms with Crippen LogP contribution in [0.25, 0.3) is 0 Å². The second kappa shape index (κ2) is 11.2. The molecule has 13 heteroatoms. The summed E-state index contributed by atoms with van der Waals surface area (Å²) >= 11 is 0. The van der Waals surface area contributed by atoms with Crippen LogP contribution in [0, 0.1) is 11.2 Å². The number of nitrogens with one attached hydrogen (secondary N) is 3. The number of nitrogens with zero attached hydrogens (tertiary/aromatic N) is 1. The number of anilines is 2. The van der Waals surface area contributed by atoms with Gasteiger partial charge in [-0.2, -0.15) is 18.3 Å². The summed E-state index contributed by atoms with van der Waals surface area (Å²) in [5.41, 5.74) is -2.83. The third kappa shape index (κ3) is 6.42. The summed E-state index contributed by atoms with van der Waals surface area (Å²) in [7, 11) is 1.25. The maximum absolute atomic E-state index is 14.8. The second-order valence-electron chi connectivity index (χ2n) is 9.04. The van der Waals surface area contributed by atoms with Crippen LogP contribution < -0.4 is 20.9 Å². The number of ketones is 1. The lowest BCUT2D eigenvalue weighted by Crippen LogP contribution is -2.43. The topological polar surface area (TPSA) is 122 Å². The highest BCUT2D eigenvalue weighted by molar-refractivity contribution is 5.99. The molecule has 1 aromatic heterocycles. The maximum Gasteiger partial charge on any atom is 0.418 e. The van der Waals surface area contributed by atoms with Crippen LogP contribution >= 0.6 is 0 Å². The minimum atomic E-state index is -4.67. The number of aromatic amines is 1. The molecule has 1 aliphatic rings. The predicted molar refractivity (Wildman–Crippen MR) is 131 cm³/mol. The van der Waals surface area contributed by atoms with Gasteiger partial charge in [-0.1, -0.05) is 6.07 Å². The molecule has 1 fully saturated rings. The minimum Gasteiger partial charge on any atom is -0.497 e. The summed E-state index contributed by atoms with van der Waals surface area (Å²) < 4.78 is 65.5. The Morgan fingerprint density at radius 1 is 1.18 bits per heavy atom. The van der Waals surface area contributed by atoms with Crippen molar-refractivity contribution in [1.29, 1.82) is 0 Å². The Morgan fingerprint density at radius 2 is 1.97 bits per heavy atom. The number of benzene rings is 2. The van der Waals surface area contributed by atoms with Gasteiger partial charge in [0.1, 0.15) is 11.6 Å².